The minimum Gasteiger partial charge on any atom is -0.363 e. The van der Waals surface area contributed by atoms with Crippen LogP contribution in [-0.4, -0.2) is 48.2 Å². The Morgan fingerprint density at radius 2 is 1.66 bits per heavy atom. The van der Waals surface area contributed by atoms with E-state index in [9.17, 15) is 28.6 Å². The molecule has 0 bridgehead atoms. The molecule has 0 unspecified atom stereocenters. The molecule has 1 heterocycles. The Kier molecular flexibility index (Phi) is 5.53. The van der Waals surface area contributed by atoms with Gasteiger partial charge in [0.25, 0.3) is 11.4 Å². The van der Waals surface area contributed by atoms with Gasteiger partial charge in [0, 0.05) is 31.7 Å². The Morgan fingerprint density at radius 1 is 1.00 bits per heavy atom. The molecule has 0 spiro atoms. The fraction of sp³-hybridized carbons (Fsp3) is 0.333. The number of benzene rings is 2. The fourth-order valence-electron chi connectivity index (χ4n) is 3.40. The van der Waals surface area contributed by atoms with Gasteiger partial charge in [0.15, 0.2) is 0 Å². The molecule has 0 amide bonds. The molecule has 0 aliphatic carbocycles. The lowest BCUT2D eigenvalue weighted by atomic mass is 10.1. The molecule has 0 radical (unpaired) electrons. The Morgan fingerprint density at radius 3 is 2.21 bits per heavy atom. The van der Waals surface area contributed by atoms with Gasteiger partial charge in [-0.1, -0.05) is 17.7 Å². The predicted molar refractivity (Wildman–Crippen MR) is 106 cm³/mol. The number of anilines is 1. The number of hydrogen-bond acceptors (Lipinski definition) is 7. The molecule has 1 fully saturated rings. The van der Waals surface area contributed by atoms with Crippen molar-refractivity contribution < 1.29 is 18.3 Å². The van der Waals surface area contributed by atoms with Gasteiger partial charge in [0.1, 0.15) is 5.69 Å². The van der Waals surface area contributed by atoms with Crippen LogP contribution < -0.4 is 4.90 Å². The smallest absolute Gasteiger partial charge is 0.299 e. The number of nitro benzene ring substituents is 2. The maximum Gasteiger partial charge on any atom is 0.299 e. The number of nitro groups is 2. The van der Waals surface area contributed by atoms with Crippen LogP contribution in [0.4, 0.5) is 17.1 Å². The third kappa shape index (κ3) is 4.05. The summed E-state index contributed by atoms with van der Waals surface area (Å²) >= 11 is 0. The van der Waals surface area contributed by atoms with E-state index in [2.05, 4.69) is 0 Å². The molecular formula is C18H20N4O6S. The lowest BCUT2D eigenvalue weighted by Gasteiger charge is -2.39. The van der Waals surface area contributed by atoms with E-state index in [0.717, 1.165) is 11.6 Å². The summed E-state index contributed by atoms with van der Waals surface area (Å²) in [6.45, 7) is 4.20. The molecule has 1 saturated heterocycles. The van der Waals surface area contributed by atoms with E-state index in [0.29, 0.717) is 0 Å². The Hall–Kier alpha value is -3.05. The highest BCUT2D eigenvalue weighted by molar-refractivity contribution is 7.89. The van der Waals surface area contributed by atoms with Gasteiger partial charge in [0.2, 0.25) is 10.0 Å². The van der Waals surface area contributed by atoms with E-state index >= 15 is 0 Å². The van der Waals surface area contributed by atoms with Crippen LogP contribution in [-0.2, 0) is 10.0 Å². The molecule has 3 rings (SSSR count). The molecule has 1 aliphatic rings. The highest BCUT2D eigenvalue weighted by Crippen LogP contribution is 2.34. The summed E-state index contributed by atoms with van der Waals surface area (Å²) in [6.07, 6.45) is 0. The van der Waals surface area contributed by atoms with Gasteiger partial charge in [-0.2, -0.15) is 4.31 Å². The highest BCUT2D eigenvalue weighted by Gasteiger charge is 2.35. The first-order chi connectivity index (χ1) is 13.6. The number of aryl methyl sites for hydroxylation is 1. The van der Waals surface area contributed by atoms with Gasteiger partial charge in [-0.3, -0.25) is 20.2 Å². The number of rotatable bonds is 5. The van der Waals surface area contributed by atoms with Gasteiger partial charge < -0.3 is 4.90 Å². The molecule has 0 N–H and O–H groups in total. The van der Waals surface area contributed by atoms with Crippen molar-refractivity contribution in [3.63, 3.8) is 0 Å². The van der Waals surface area contributed by atoms with Crippen LogP contribution in [0.15, 0.2) is 47.4 Å². The molecule has 0 aromatic heterocycles. The van der Waals surface area contributed by atoms with Crippen molar-refractivity contribution in [1.29, 1.82) is 0 Å². The van der Waals surface area contributed by atoms with Gasteiger partial charge in [-0.15, -0.1) is 0 Å². The van der Waals surface area contributed by atoms with Crippen LogP contribution in [0.25, 0.3) is 0 Å². The highest BCUT2D eigenvalue weighted by atomic mass is 32.2. The van der Waals surface area contributed by atoms with E-state index < -0.39 is 25.9 Å². The lowest BCUT2D eigenvalue weighted by molar-refractivity contribution is -0.393. The number of non-ortho nitro benzene ring substituents is 1. The quantitative estimate of drug-likeness (QED) is 0.537. The summed E-state index contributed by atoms with van der Waals surface area (Å²) < 4.78 is 27.3. The summed E-state index contributed by atoms with van der Waals surface area (Å²) in [5.41, 5.74) is 0.447. The van der Waals surface area contributed by atoms with Gasteiger partial charge in [-0.05, 0) is 32.0 Å². The fourth-order valence-corrected chi connectivity index (χ4v) is 5.01. The molecule has 29 heavy (non-hydrogen) atoms. The monoisotopic (exact) mass is 420 g/mol. The molecule has 11 heteroatoms. The minimum atomic E-state index is -3.69. The largest absolute Gasteiger partial charge is 0.363 e. The third-order valence-corrected chi connectivity index (χ3v) is 6.93. The number of nitrogens with zero attached hydrogens (tertiary/aromatic N) is 4. The van der Waals surface area contributed by atoms with Crippen molar-refractivity contribution in [2.45, 2.75) is 24.8 Å². The van der Waals surface area contributed by atoms with Crippen molar-refractivity contribution in [2.75, 3.05) is 24.5 Å². The Balaban J connectivity index is 1.86. The molecule has 10 nitrogen and oxygen atoms in total. The van der Waals surface area contributed by atoms with Crippen LogP contribution in [0.1, 0.15) is 12.5 Å². The van der Waals surface area contributed by atoms with Gasteiger partial charge >= 0.3 is 0 Å². The van der Waals surface area contributed by atoms with Crippen molar-refractivity contribution in [3.8, 4) is 0 Å². The zero-order valence-electron chi connectivity index (χ0n) is 15.9. The normalized spacial score (nSPS) is 17.9. The molecule has 1 atom stereocenters. The first-order valence-corrected chi connectivity index (χ1v) is 10.3. The predicted octanol–water partition coefficient (Wildman–Crippen LogP) is 2.71. The van der Waals surface area contributed by atoms with Crippen molar-refractivity contribution in [2.24, 2.45) is 0 Å². The van der Waals surface area contributed by atoms with E-state index in [-0.39, 0.29) is 41.6 Å². The van der Waals surface area contributed by atoms with Crippen LogP contribution in [0.5, 0.6) is 0 Å². The maximum atomic E-state index is 13.0. The van der Waals surface area contributed by atoms with Crippen LogP contribution in [0, 0.1) is 27.2 Å². The average Bonchev–Trinajstić information content (AvgIpc) is 2.67. The SMILES string of the molecule is Cc1ccc(S(=O)(=O)N2CCN(c3ccc([N+](=O)[O-])cc3[N+](=O)[O-])C[C@H]2C)cc1. The Bertz CT molecular complexity index is 1050. The third-order valence-electron chi connectivity index (χ3n) is 4.90. The first kappa shape index (κ1) is 20.7. The standard InChI is InChI=1S/C18H20N4O6S/c1-13-3-6-16(7-4-13)29(27,28)20-10-9-19(12-14(20)2)17-8-5-15(21(23)24)11-18(17)22(25)26/h3-8,11,14H,9-10,12H2,1-2H3/t14-/m1/s1. The van der Waals surface area contributed by atoms with E-state index in [1.165, 1.54) is 16.4 Å². The lowest BCUT2D eigenvalue weighted by Crippen LogP contribution is -2.54. The second-order valence-corrected chi connectivity index (χ2v) is 8.80. The van der Waals surface area contributed by atoms with E-state index in [1.807, 2.05) is 6.92 Å². The van der Waals surface area contributed by atoms with Gasteiger partial charge in [0.05, 0.1) is 20.8 Å². The number of sulfonamides is 1. The summed E-state index contributed by atoms with van der Waals surface area (Å²) in [7, 11) is -3.69. The summed E-state index contributed by atoms with van der Waals surface area (Å²) in [4.78, 5) is 22.9. The second-order valence-electron chi connectivity index (χ2n) is 6.91. The van der Waals surface area contributed by atoms with Crippen LogP contribution >= 0.6 is 0 Å². The number of hydrogen-bond donors (Lipinski definition) is 0. The Labute approximate surface area is 167 Å². The van der Waals surface area contributed by atoms with Gasteiger partial charge in [-0.25, -0.2) is 8.42 Å². The van der Waals surface area contributed by atoms with E-state index in [4.69, 9.17) is 0 Å². The minimum absolute atomic E-state index is 0.144. The summed E-state index contributed by atoms with van der Waals surface area (Å²) in [6, 6.07) is 9.62. The molecular weight excluding hydrogens is 400 g/mol. The van der Waals surface area contributed by atoms with Crippen molar-refractivity contribution >= 4 is 27.1 Å². The molecule has 2 aromatic rings. The second kappa shape index (κ2) is 7.76. The molecule has 2 aromatic carbocycles. The molecule has 0 saturated carbocycles. The zero-order chi connectivity index (χ0) is 21.3. The summed E-state index contributed by atoms with van der Waals surface area (Å²) in [5.74, 6) is 0. The topological polar surface area (TPSA) is 127 Å². The van der Waals surface area contributed by atoms with Crippen LogP contribution in [0.3, 0.4) is 0 Å². The van der Waals surface area contributed by atoms with Crippen molar-refractivity contribution in [3.05, 3.63) is 68.3 Å². The zero-order valence-corrected chi connectivity index (χ0v) is 16.7. The first-order valence-electron chi connectivity index (χ1n) is 8.87. The maximum absolute atomic E-state index is 13.0. The van der Waals surface area contributed by atoms with E-state index in [1.54, 1.807) is 36.1 Å². The molecule has 154 valence electrons. The summed E-state index contributed by atoms with van der Waals surface area (Å²) in [5, 5.41) is 22.3. The average molecular weight is 420 g/mol. The van der Waals surface area contributed by atoms with Crippen molar-refractivity contribution in [1.82, 2.24) is 4.31 Å². The van der Waals surface area contributed by atoms with Crippen LogP contribution in [0.2, 0.25) is 0 Å². The number of piperazine rings is 1. The molecule has 1 aliphatic heterocycles.